The number of hydrazone groups is 1. The molecule has 0 bridgehead atoms. The van der Waals surface area contributed by atoms with Gasteiger partial charge in [0.05, 0.1) is 12.4 Å². The number of nitrogens with one attached hydrogen (secondary N) is 1. The molecule has 1 aromatic heterocycles. The molecule has 6 heteroatoms. The van der Waals surface area contributed by atoms with Gasteiger partial charge >= 0.3 is 0 Å². The molecule has 0 saturated carbocycles. The molecular weight excluding hydrogens is 320 g/mol. The summed E-state index contributed by atoms with van der Waals surface area (Å²) in [6.45, 7) is 4.80. The average Bonchev–Trinajstić information content (AvgIpc) is 2.79. The Morgan fingerprint density at radius 2 is 2.35 bits per heavy atom. The van der Waals surface area contributed by atoms with Crippen molar-refractivity contribution in [2.24, 2.45) is 5.10 Å². The van der Waals surface area contributed by atoms with E-state index in [1.54, 1.807) is 30.6 Å². The second kappa shape index (κ2) is 6.47. The molecule has 5 nitrogen and oxygen atoms in total. The molecule has 1 N–H and O–H groups in total. The van der Waals surface area contributed by atoms with Crippen molar-refractivity contribution in [3.8, 4) is 0 Å². The Hall–Kier alpha value is -1.95. The molecule has 0 unspecified atom stereocenters. The minimum Gasteiger partial charge on any atom is -0.269 e. The first-order valence-corrected chi connectivity index (χ1v) is 7.02. The van der Waals surface area contributed by atoms with Gasteiger partial charge in [-0.1, -0.05) is 22.0 Å². The minimum absolute atomic E-state index is 0.247. The summed E-state index contributed by atoms with van der Waals surface area (Å²) in [4.78, 5) is 11.9. The Labute approximate surface area is 125 Å². The largest absolute Gasteiger partial charge is 0.271 e. The molecule has 0 spiro atoms. The van der Waals surface area contributed by atoms with E-state index in [0.717, 1.165) is 22.3 Å². The lowest BCUT2D eigenvalue weighted by Crippen LogP contribution is -2.17. The van der Waals surface area contributed by atoms with Gasteiger partial charge < -0.3 is 0 Å². The highest BCUT2D eigenvalue weighted by atomic mass is 79.9. The topological polar surface area (TPSA) is 59.3 Å². The lowest BCUT2D eigenvalue weighted by molar-refractivity contribution is 0.0955. The Balaban J connectivity index is 2.02. The molecule has 20 heavy (non-hydrogen) atoms. The monoisotopic (exact) mass is 334 g/mol. The van der Waals surface area contributed by atoms with Gasteiger partial charge in [0.25, 0.3) is 5.91 Å². The number of carbonyl (C=O) groups is 1. The van der Waals surface area contributed by atoms with Gasteiger partial charge in [-0.25, -0.2) is 5.43 Å². The molecule has 1 heterocycles. The van der Waals surface area contributed by atoms with Crippen molar-refractivity contribution in [3.63, 3.8) is 0 Å². The molecule has 104 valence electrons. The van der Waals surface area contributed by atoms with Gasteiger partial charge in [-0.05, 0) is 32.0 Å². The van der Waals surface area contributed by atoms with E-state index in [4.69, 9.17) is 0 Å². The van der Waals surface area contributed by atoms with Crippen molar-refractivity contribution in [2.45, 2.75) is 20.4 Å². The zero-order valence-corrected chi connectivity index (χ0v) is 12.9. The first-order chi connectivity index (χ1) is 9.61. The number of rotatable bonds is 4. The van der Waals surface area contributed by atoms with E-state index in [1.807, 2.05) is 24.6 Å². The third-order valence-corrected chi connectivity index (χ3v) is 3.39. The van der Waals surface area contributed by atoms with Gasteiger partial charge in [-0.2, -0.15) is 10.2 Å². The van der Waals surface area contributed by atoms with Crippen molar-refractivity contribution in [1.82, 2.24) is 15.2 Å². The maximum absolute atomic E-state index is 11.9. The summed E-state index contributed by atoms with van der Waals surface area (Å²) < 4.78 is 2.73. The number of amides is 1. The Kier molecular flexibility index (Phi) is 4.68. The average molecular weight is 335 g/mol. The van der Waals surface area contributed by atoms with E-state index in [1.165, 1.54) is 0 Å². The molecular formula is C14H15BrN4O. The van der Waals surface area contributed by atoms with Gasteiger partial charge in [0, 0.05) is 27.8 Å². The maximum Gasteiger partial charge on any atom is 0.271 e. The van der Waals surface area contributed by atoms with E-state index in [0.29, 0.717) is 5.56 Å². The lowest BCUT2D eigenvalue weighted by Gasteiger charge is -2.00. The quantitative estimate of drug-likeness (QED) is 0.690. The molecule has 1 aromatic carbocycles. The van der Waals surface area contributed by atoms with Crippen LogP contribution in [0.2, 0.25) is 0 Å². The van der Waals surface area contributed by atoms with Gasteiger partial charge in [-0.3, -0.25) is 9.48 Å². The molecule has 0 aliphatic carbocycles. The van der Waals surface area contributed by atoms with Crippen LogP contribution in [-0.2, 0) is 6.54 Å². The Bertz CT molecular complexity index is 648. The lowest BCUT2D eigenvalue weighted by atomic mass is 10.2. The normalized spacial score (nSPS) is 10.9. The van der Waals surface area contributed by atoms with E-state index in [2.05, 4.69) is 31.6 Å². The number of benzene rings is 1. The molecule has 2 aromatic rings. The number of carbonyl (C=O) groups excluding carboxylic acids is 1. The number of hydrogen-bond acceptors (Lipinski definition) is 3. The van der Waals surface area contributed by atoms with E-state index >= 15 is 0 Å². The highest BCUT2D eigenvalue weighted by Crippen LogP contribution is 2.11. The highest BCUT2D eigenvalue weighted by Gasteiger charge is 2.05. The van der Waals surface area contributed by atoms with Crippen molar-refractivity contribution in [1.29, 1.82) is 0 Å². The van der Waals surface area contributed by atoms with Crippen LogP contribution in [0.5, 0.6) is 0 Å². The van der Waals surface area contributed by atoms with Crippen molar-refractivity contribution in [3.05, 3.63) is 51.8 Å². The number of nitrogens with zero attached hydrogens (tertiary/aromatic N) is 3. The molecule has 2 rings (SSSR count). The van der Waals surface area contributed by atoms with Crippen LogP contribution in [0, 0.1) is 6.92 Å². The first kappa shape index (κ1) is 14.5. The SMILES string of the molecule is CCn1ncc(/C=N/NC(=O)c2cccc(Br)c2)c1C. The minimum atomic E-state index is -0.247. The standard InChI is InChI=1S/C14H15BrN4O/c1-3-19-10(2)12(9-17-19)8-16-18-14(20)11-5-4-6-13(15)7-11/h4-9H,3H2,1-2H3,(H,18,20)/b16-8+. The molecule has 0 fully saturated rings. The van der Waals surface area contributed by atoms with Crippen LogP contribution in [0.3, 0.4) is 0 Å². The van der Waals surface area contributed by atoms with Gasteiger partial charge in [0.2, 0.25) is 0 Å². The van der Waals surface area contributed by atoms with Crippen molar-refractivity contribution >= 4 is 28.1 Å². The fraction of sp³-hybridized carbons (Fsp3) is 0.214. The number of halogens is 1. The predicted octanol–water partition coefficient (Wildman–Crippen LogP) is 2.74. The van der Waals surface area contributed by atoms with E-state index in [-0.39, 0.29) is 5.91 Å². The Morgan fingerprint density at radius 1 is 1.55 bits per heavy atom. The van der Waals surface area contributed by atoms with Gasteiger partial charge in [-0.15, -0.1) is 0 Å². The highest BCUT2D eigenvalue weighted by molar-refractivity contribution is 9.10. The number of aromatic nitrogens is 2. The third kappa shape index (κ3) is 3.33. The summed E-state index contributed by atoms with van der Waals surface area (Å²) in [5.74, 6) is -0.247. The second-order valence-corrected chi connectivity index (χ2v) is 5.13. The van der Waals surface area contributed by atoms with Crippen LogP contribution in [0.1, 0.15) is 28.5 Å². The summed E-state index contributed by atoms with van der Waals surface area (Å²) in [6.07, 6.45) is 3.33. The van der Waals surface area contributed by atoms with E-state index in [9.17, 15) is 4.79 Å². The Morgan fingerprint density at radius 3 is 3.00 bits per heavy atom. The summed E-state index contributed by atoms with van der Waals surface area (Å²) >= 11 is 3.33. The maximum atomic E-state index is 11.9. The molecule has 0 aliphatic heterocycles. The van der Waals surface area contributed by atoms with Crippen LogP contribution in [0.15, 0.2) is 40.0 Å². The number of aryl methyl sites for hydroxylation is 1. The van der Waals surface area contributed by atoms with Gasteiger partial charge in [0.15, 0.2) is 0 Å². The first-order valence-electron chi connectivity index (χ1n) is 6.23. The molecule has 0 atom stereocenters. The molecule has 0 aliphatic rings. The van der Waals surface area contributed by atoms with E-state index < -0.39 is 0 Å². The second-order valence-electron chi connectivity index (χ2n) is 4.21. The third-order valence-electron chi connectivity index (χ3n) is 2.90. The molecule has 0 radical (unpaired) electrons. The van der Waals surface area contributed by atoms with Gasteiger partial charge in [0.1, 0.15) is 0 Å². The summed E-state index contributed by atoms with van der Waals surface area (Å²) in [7, 11) is 0. The van der Waals surface area contributed by atoms with Crippen molar-refractivity contribution < 1.29 is 4.79 Å². The summed E-state index contributed by atoms with van der Waals surface area (Å²) in [6, 6.07) is 7.14. The molecule has 0 saturated heterocycles. The van der Waals surface area contributed by atoms with Crippen LogP contribution in [0.25, 0.3) is 0 Å². The zero-order valence-electron chi connectivity index (χ0n) is 11.3. The molecule has 1 amide bonds. The van der Waals surface area contributed by atoms with Crippen LogP contribution < -0.4 is 5.43 Å². The number of hydrogen-bond donors (Lipinski definition) is 1. The zero-order chi connectivity index (χ0) is 14.5. The van der Waals surface area contributed by atoms with Crippen LogP contribution in [-0.4, -0.2) is 21.9 Å². The fourth-order valence-electron chi connectivity index (χ4n) is 1.76. The summed E-state index contributed by atoms with van der Waals surface area (Å²) in [5.41, 5.74) is 4.97. The fourth-order valence-corrected chi connectivity index (χ4v) is 2.16. The van der Waals surface area contributed by atoms with Crippen molar-refractivity contribution in [2.75, 3.05) is 0 Å². The van der Waals surface area contributed by atoms with Crippen LogP contribution in [0.4, 0.5) is 0 Å². The predicted molar refractivity (Wildman–Crippen MR) is 81.8 cm³/mol. The smallest absolute Gasteiger partial charge is 0.269 e. The van der Waals surface area contributed by atoms with Crippen LogP contribution >= 0.6 is 15.9 Å². The summed E-state index contributed by atoms with van der Waals surface area (Å²) in [5, 5.41) is 8.17.